The summed E-state index contributed by atoms with van der Waals surface area (Å²) in [4.78, 5) is 4.20. The van der Waals surface area contributed by atoms with Crippen molar-refractivity contribution in [1.29, 1.82) is 0 Å². The van der Waals surface area contributed by atoms with Crippen molar-refractivity contribution in [2.24, 2.45) is 5.92 Å². The molecule has 2 N–H and O–H groups in total. The number of aliphatic hydroxyl groups excluding tert-OH is 2. The molecule has 1 aliphatic heterocycles. The van der Waals surface area contributed by atoms with Crippen LogP contribution in [0.2, 0.25) is 0 Å². The van der Waals surface area contributed by atoms with E-state index in [1.165, 1.54) is 11.1 Å². The van der Waals surface area contributed by atoms with E-state index >= 15 is 0 Å². The lowest BCUT2D eigenvalue weighted by Gasteiger charge is -2.42. The molecule has 18 heavy (non-hydrogen) atoms. The monoisotopic (exact) mass is 242 g/mol. The van der Waals surface area contributed by atoms with Crippen molar-refractivity contribution in [3.8, 4) is 11.3 Å². The van der Waals surface area contributed by atoms with Crippen molar-refractivity contribution in [2.45, 2.75) is 24.7 Å². The van der Waals surface area contributed by atoms with Gasteiger partial charge in [0.15, 0.2) is 0 Å². The van der Waals surface area contributed by atoms with Crippen LogP contribution in [-0.4, -0.2) is 32.0 Å². The minimum atomic E-state index is -0.628. The van der Waals surface area contributed by atoms with Crippen LogP contribution in [0.4, 0.5) is 0 Å². The van der Waals surface area contributed by atoms with Crippen molar-refractivity contribution < 1.29 is 10.2 Å². The van der Waals surface area contributed by atoms with Gasteiger partial charge in [0.1, 0.15) is 0 Å². The van der Waals surface area contributed by atoms with E-state index < -0.39 is 12.2 Å². The first-order valence-electron chi connectivity index (χ1n) is 6.24. The smallest absolute Gasteiger partial charge is 0.0956 e. The van der Waals surface area contributed by atoms with E-state index in [9.17, 15) is 10.2 Å². The third-order valence-corrected chi connectivity index (χ3v) is 4.27. The molecule has 0 saturated heterocycles. The fourth-order valence-electron chi connectivity index (χ4n) is 3.27. The Morgan fingerprint density at radius 2 is 2.06 bits per heavy atom. The Kier molecular flexibility index (Phi) is 1.96. The number of aromatic nitrogens is 2. The van der Waals surface area contributed by atoms with Crippen LogP contribution in [0.1, 0.15) is 18.0 Å². The van der Waals surface area contributed by atoms with Crippen LogP contribution < -0.4 is 0 Å². The largest absolute Gasteiger partial charge is 0.390 e. The molecule has 4 rings (SSSR count). The maximum Gasteiger partial charge on any atom is 0.0956 e. The summed E-state index contributed by atoms with van der Waals surface area (Å²) in [6.45, 7) is 0. The molecule has 2 aromatic rings. The first-order chi connectivity index (χ1) is 8.77. The van der Waals surface area contributed by atoms with Gasteiger partial charge in [-0.3, -0.25) is 0 Å². The molecule has 1 aromatic heterocycles. The average molecular weight is 242 g/mol. The van der Waals surface area contributed by atoms with E-state index in [-0.39, 0.29) is 12.0 Å². The number of benzene rings is 1. The predicted molar refractivity (Wildman–Crippen MR) is 65.9 cm³/mol. The first kappa shape index (κ1) is 10.3. The normalized spacial score (nSPS) is 32.8. The van der Waals surface area contributed by atoms with Crippen molar-refractivity contribution in [2.75, 3.05) is 0 Å². The van der Waals surface area contributed by atoms with E-state index in [1.54, 1.807) is 0 Å². The SMILES string of the molecule is OC1CC(C2c3ccccc3-c3cncn32)C1O. The molecule has 4 nitrogen and oxygen atoms in total. The molecule has 2 aliphatic rings. The Hall–Kier alpha value is -1.65. The molecule has 1 aliphatic carbocycles. The van der Waals surface area contributed by atoms with Gasteiger partial charge in [0, 0.05) is 11.5 Å². The molecule has 4 atom stereocenters. The average Bonchev–Trinajstić information content (AvgIpc) is 2.96. The van der Waals surface area contributed by atoms with Crippen LogP contribution in [0.15, 0.2) is 36.8 Å². The van der Waals surface area contributed by atoms with Gasteiger partial charge in [-0.1, -0.05) is 24.3 Å². The van der Waals surface area contributed by atoms with E-state index in [0.29, 0.717) is 6.42 Å². The molecule has 4 heteroatoms. The van der Waals surface area contributed by atoms with Gasteiger partial charge in [-0.15, -0.1) is 0 Å². The second-order valence-electron chi connectivity index (χ2n) is 5.18. The molecular formula is C14H14N2O2. The maximum atomic E-state index is 9.94. The Labute approximate surface area is 105 Å². The van der Waals surface area contributed by atoms with Gasteiger partial charge in [-0.25, -0.2) is 4.98 Å². The quantitative estimate of drug-likeness (QED) is 0.790. The number of hydrogen-bond donors (Lipinski definition) is 2. The summed E-state index contributed by atoms with van der Waals surface area (Å²) >= 11 is 0. The van der Waals surface area contributed by atoms with Crippen molar-refractivity contribution in [3.63, 3.8) is 0 Å². The second-order valence-corrected chi connectivity index (χ2v) is 5.18. The van der Waals surface area contributed by atoms with Crippen LogP contribution in [0.3, 0.4) is 0 Å². The summed E-state index contributed by atoms with van der Waals surface area (Å²) in [5.74, 6) is 0.0802. The third kappa shape index (κ3) is 1.14. The van der Waals surface area contributed by atoms with Gasteiger partial charge in [-0.2, -0.15) is 0 Å². The lowest BCUT2D eigenvalue weighted by molar-refractivity contribution is -0.113. The molecule has 1 saturated carbocycles. The number of nitrogens with zero attached hydrogens (tertiary/aromatic N) is 2. The lowest BCUT2D eigenvalue weighted by Crippen LogP contribution is -2.49. The molecular weight excluding hydrogens is 228 g/mol. The molecule has 1 fully saturated rings. The van der Waals surface area contributed by atoms with Gasteiger partial charge < -0.3 is 14.8 Å². The van der Waals surface area contributed by atoms with E-state index in [2.05, 4.69) is 21.7 Å². The molecule has 0 amide bonds. The Balaban J connectivity index is 1.85. The summed E-state index contributed by atoms with van der Waals surface area (Å²) in [5.41, 5.74) is 3.52. The number of rotatable bonds is 1. The molecule has 0 bridgehead atoms. The summed E-state index contributed by atoms with van der Waals surface area (Å²) in [6.07, 6.45) is 3.13. The topological polar surface area (TPSA) is 58.3 Å². The minimum absolute atomic E-state index is 0.0802. The standard InChI is InChI=1S/C14H14N2O2/c17-12-5-10(14(12)18)13-9-4-2-1-3-8(9)11-6-15-7-16(11)13/h1-4,6-7,10,12-14,17-18H,5H2. The zero-order valence-electron chi connectivity index (χ0n) is 9.77. The molecule has 0 spiro atoms. The van der Waals surface area contributed by atoms with Crippen LogP contribution in [-0.2, 0) is 0 Å². The van der Waals surface area contributed by atoms with Crippen LogP contribution >= 0.6 is 0 Å². The summed E-state index contributed by atoms with van der Waals surface area (Å²) in [5, 5.41) is 19.5. The van der Waals surface area contributed by atoms with E-state index in [4.69, 9.17) is 0 Å². The zero-order chi connectivity index (χ0) is 12.3. The van der Waals surface area contributed by atoms with Gasteiger partial charge in [-0.05, 0) is 12.0 Å². The fourth-order valence-corrected chi connectivity index (χ4v) is 3.27. The van der Waals surface area contributed by atoms with Crippen molar-refractivity contribution >= 4 is 0 Å². The molecule has 4 unspecified atom stereocenters. The number of imidazole rings is 1. The van der Waals surface area contributed by atoms with Gasteiger partial charge in [0.25, 0.3) is 0 Å². The fraction of sp³-hybridized carbons (Fsp3) is 0.357. The Morgan fingerprint density at radius 1 is 1.22 bits per heavy atom. The van der Waals surface area contributed by atoms with Gasteiger partial charge >= 0.3 is 0 Å². The summed E-state index contributed by atoms with van der Waals surface area (Å²) in [7, 11) is 0. The zero-order valence-corrected chi connectivity index (χ0v) is 9.77. The summed E-state index contributed by atoms with van der Waals surface area (Å²) in [6, 6.07) is 8.34. The van der Waals surface area contributed by atoms with E-state index in [1.807, 2.05) is 24.7 Å². The van der Waals surface area contributed by atoms with E-state index in [0.717, 1.165) is 5.69 Å². The Bertz CT molecular complexity index is 607. The highest BCUT2D eigenvalue weighted by Gasteiger charge is 2.47. The predicted octanol–water partition coefficient (Wildman–Crippen LogP) is 1.19. The lowest BCUT2D eigenvalue weighted by atomic mass is 9.72. The number of fused-ring (bicyclic) bond motifs is 3. The molecule has 2 heterocycles. The molecule has 0 radical (unpaired) electrons. The van der Waals surface area contributed by atoms with Gasteiger partial charge in [0.05, 0.1) is 36.5 Å². The minimum Gasteiger partial charge on any atom is -0.390 e. The van der Waals surface area contributed by atoms with Gasteiger partial charge in [0.2, 0.25) is 0 Å². The van der Waals surface area contributed by atoms with Crippen LogP contribution in [0.5, 0.6) is 0 Å². The molecule has 92 valence electrons. The van der Waals surface area contributed by atoms with Crippen molar-refractivity contribution in [1.82, 2.24) is 9.55 Å². The number of hydrogen-bond acceptors (Lipinski definition) is 3. The Morgan fingerprint density at radius 3 is 2.83 bits per heavy atom. The maximum absolute atomic E-state index is 9.94. The van der Waals surface area contributed by atoms with Crippen LogP contribution in [0, 0.1) is 5.92 Å². The van der Waals surface area contributed by atoms with Crippen LogP contribution in [0.25, 0.3) is 11.3 Å². The van der Waals surface area contributed by atoms with Crippen molar-refractivity contribution in [3.05, 3.63) is 42.4 Å². The highest BCUT2D eigenvalue weighted by atomic mass is 16.3. The third-order valence-electron chi connectivity index (χ3n) is 4.27. The first-order valence-corrected chi connectivity index (χ1v) is 6.24. The highest BCUT2D eigenvalue weighted by molar-refractivity contribution is 5.69. The summed E-state index contributed by atoms with van der Waals surface area (Å²) < 4.78 is 2.12. The second kappa shape index (κ2) is 3.43. The number of aliphatic hydroxyl groups is 2. The highest BCUT2D eigenvalue weighted by Crippen LogP contribution is 2.48. The molecule has 1 aromatic carbocycles.